The monoisotopic (exact) mass is 611 g/mol. The molecule has 0 radical (unpaired) electrons. The van der Waals surface area contributed by atoms with Crippen molar-refractivity contribution in [3.05, 3.63) is 105 Å². The minimum absolute atomic E-state index is 0.00586. The second-order valence-corrected chi connectivity index (χ2v) is 11.1. The lowest BCUT2D eigenvalue weighted by Gasteiger charge is -2.28. The largest absolute Gasteiger partial charge is 0.506 e. The smallest absolute Gasteiger partial charge is 0.363 e. The van der Waals surface area contributed by atoms with Gasteiger partial charge in [-0.1, -0.05) is 41.9 Å². The number of halogens is 1. The van der Waals surface area contributed by atoms with Crippen LogP contribution in [0.3, 0.4) is 0 Å². The van der Waals surface area contributed by atoms with Gasteiger partial charge in [-0.2, -0.15) is 0 Å². The molecule has 0 bridgehead atoms. The Morgan fingerprint density at radius 2 is 1.59 bits per heavy atom. The molecule has 2 aliphatic rings. The minimum Gasteiger partial charge on any atom is -0.506 e. The number of carbonyl (C=O) groups is 5. The molecule has 1 saturated heterocycles. The van der Waals surface area contributed by atoms with Crippen LogP contribution in [0.2, 0.25) is 5.02 Å². The van der Waals surface area contributed by atoms with E-state index >= 15 is 0 Å². The van der Waals surface area contributed by atoms with E-state index in [1.807, 2.05) is 18.2 Å². The zero-order valence-electron chi connectivity index (χ0n) is 23.6. The van der Waals surface area contributed by atoms with Crippen LogP contribution in [0, 0.1) is 6.92 Å². The van der Waals surface area contributed by atoms with Gasteiger partial charge >= 0.3 is 5.97 Å². The van der Waals surface area contributed by atoms with E-state index in [9.17, 15) is 29.1 Å². The number of imide groups is 2. The maximum absolute atomic E-state index is 13.6. The summed E-state index contributed by atoms with van der Waals surface area (Å²) < 4.78 is 0. The Bertz CT molecular complexity index is 1830. The van der Waals surface area contributed by atoms with Crippen LogP contribution in [0.5, 0.6) is 5.75 Å². The fourth-order valence-corrected chi connectivity index (χ4v) is 5.75. The number of anilines is 1. The highest BCUT2D eigenvalue weighted by molar-refractivity contribution is 6.32. The Hall–Kier alpha value is -5.22. The SMILES string of the molecule is Cc1cc(CCNc2ccc3c4c(cccc24)C(=O)N(Cc2ccc(C(=O)ON4C(=O)CCC4=O)cc2)C3=O)cc(Cl)c1O. The molecular weight excluding hydrogens is 586 g/mol. The molecule has 11 heteroatoms. The van der Waals surface area contributed by atoms with Gasteiger partial charge in [0, 0.05) is 47.0 Å². The van der Waals surface area contributed by atoms with Gasteiger partial charge in [0.15, 0.2) is 0 Å². The van der Waals surface area contributed by atoms with Gasteiger partial charge in [-0.05, 0) is 66.4 Å². The van der Waals surface area contributed by atoms with Crippen molar-refractivity contribution >= 4 is 57.7 Å². The van der Waals surface area contributed by atoms with Crippen molar-refractivity contribution in [2.75, 3.05) is 11.9 Å². The van der Waals surface area contributed by atoms with Gasteiger partial charge in [0.25, 0.3) is 23.6 Å². The molecule has 2 heterocycles. The summed E-state index contributed by atoms with van der Waals surface area (Å²) >= 11 is 6.12. The van der Waals surface area contributed by atoms with Crippen molar-refractivity contribution in [3.63, 3.8) is 0 Å². The fourth-order valence-electron chi connectivity index (χ4n) is 5.46. The number of carbonyl (C=O) groups excluding carboxylic acids is 5. The standard InChI is InChI=1S/C33H26ClN3O7/c1-18-15-20(16-25(34)30(18)40)13-14-35-26-10-9-24-29-22(26)3-2-4-23(29)31(41)36(32(24)42)17-19-5-7-21(8-6-19)33(43)44-37-27(38)11-12-28(37)39/h2-10,15-16,35,40H,11-14,17H2,1H3. The number of rotatable bonds is 8. The molecule has 1 fully saturated rings. The first-order valence-corrected chi connectivity index (χ1v) is 14.3. The Labute approximate surface area is 256 Å². The second-order valence-electron chi connectivity index (χ2n) is 10.7. The van der Waals surface area contributed by atoms with Crippen LogP contribution in [-0.4, -0.2) is 51.2 Å². The van der Waals surface area contributed by atoms with Crippen LogP contribution in [0.15, 0.2) is 66.7 Å². The Morgan fingerprint density at radius 1 is 0.909 bits per heavy atom. The molecule has 0 aliphatic carbocycles. The molecule has 2 aliphatic heterocycles. The van der Waals surface area contributed by atoms with Gasteiger partial charge < -0.3 is 15.3 Å². The summed E-state index contributed by atoms with van der Waals surface area (Å²) in [6, 6.07) is 18.5. The van der Waals surface area contributed by atoms with Crippen LogP contribution in [0.4, 0.5) is 5.69 Å². The second kappa shape index (κ2) is 11.5. The molecule has 6 rings (SSSR count). The van der Waals surface area contributed by atoms with Gasteiger partial charge in [0.05, 0.1) is 17.1 Å². The first-order chi connectivity index (χ1) is 21.1. The summed E-state index contributed by atoms with van der Waals surface area (Å²) in [5, 5.41) is 15.4. The third-order valence-electron chi connectivity index (χ3n) is 7.74. The van der Waals surface area contributed by atoms with Crippen LogP contribution in [0.25, 0.3) is 10.8 Å². The van der Waals surface area contributed by atoms with Crippen LogP contribution < -0.4 is 5.32 Å². The maximum atomic E-state index is 13.6. The van der Waals surface area contributed by atoms with E-state index in [0.717, 1.165) is 21.5 Å². The number of nitrogens with zero attached hydrogens (tertiary/aromatic N) is 2. The van der Waals surface area contributed by atoms with E-state index < -0.39 is 29.6 Å². The number of aryl methyl sites for hydroxylation is 1. The van der Waals surface area contributed by atoms with Gasteiger partial charge in [-0.25, -0.2) is 4.79 Å². The number of hydrogen-bond donors (Lipinski definition) is 2. The molecule has 0 unspecified atom stereocenters. The van der Waals surface area contributed by atoms with E-state index in [1.54, 1.807) is 43.3 Å². The fraction of sp³-hybridized carbons (Fsp3) is 0.182. The molecule has 0 saturated carbocycles. The zero-order chi connectivity index (χ0) is 31.1. The van der Waals surface area contributed by atoms with Crippen LogP contribution in [0.1, 0.15) is 60.6 Å². The van der Waals surface area contributed by atoms with Crippen LogP contribution in [-0.2, 0) is 27.4 Å². The molecule has 4 aromatic carbocycles. The molecule has 2 N–H and O–H groups in total. The van der Waals surface area contributed by atoms with E-state index in [-0.39, 0.29) is 30.7 Å². The van der Waals surface area contributed by atoms with E-state index in [0.29, 0.717) is 50.7 Å². The number of nitrogens with one attached hydrogen (secondary N) is 1. The Morgan fingerprint density at radius 3 is 2.27 bits per heavy atom. The van der Waals surface area contributed by atoms with Gasteiger partial charge in [-0.3, -0.25) is 24.1 Å². The number of phenolic OH excluding ortho intramolecular Hbond substituents is 1. The van der Waals surface area contributed by atoms with Gasteiger partial charge in [-0.15, -0.1) is 5.06 Å². The number of benzene rings is 4. The topological polar surface area (TPSA) is 133 Å². The van der Waals surface area contributed by atoms with Crippen molar-refractivity contribution in [3.8, 4) is 5.75 Å². The molecule has 0 aromatic heterocycles. The summed E-state index contributed by atoms with van der Waals surface area (Å²) in [5.74, 6) is -2.81. The molecule has 10 nitrogen and oxygen atoms in total. The number of amides is 4. The average molecular weight is 612 g/mol. The summed E-state index contributed by atoms with van der Waals surface area (Å²) in [4.78, 5) is 69.1. The summed E-state index contributed by atoms with van der Waals surface area (Å²) in [7, 11) is 0. The number of phenols is 1. The maximum Gasteiger partial charge on any atom is 0.363 e. The highest BCUT2D eigenvalue weighted by Gasteiger charge is 2.34. The predicted octanol–water partition coefficient (Wildman–Crippen LogP) is 5.18. The summed E-state index contributed by atoms with van der Waals surface area (Å²) in [5.41, 5.74) is 3.95. The van der Waals surface area contributed by atoms with Crippen molar-refractivity contribution < 1.29 is 33.9 Å². The molecule has 0 spiro atoms. The lowest BCUT2D eigenvalue weighted by atomic mass is 9.92. The van der Waals surface area contributed by atoms with Gasteiger partial charge in [0.1, 0.15) is 5.75 Å². The van der Waals surface area contributed by atoms with Gasteiger partial charge in [0.2, 0.25) is 0 Å². The van der Waals surface area contributed by atoms with E-state index in [2.05, 4.69) is 5.32 Å². The molecule has 0 atom stereocenters. The number of aromatic hydroxyl groups is 1. The first-order valence-electron chi connectivity index (χ1n) is 13.9. The third-order valence-corrected chi connectivity index (χ3v) is 8.03. The van der Waals surface area contributed by atoms with Crippen molar-refractivity contribution in [1.82, 2.24) is 9.96 Å². The highest BCUT2D eigenvalue weighted by Crippen LogP contribution is 2.35. The molecule has 4 amide bonds. The van der Waals surface area contributed by atoms with Crippen LogP contribution >= 0.6 is 11.6 Å². The number of hydrogen-bond acceptors (Lipinski definition) is 8. The van der Waals surface area contributed by atoms with Crippen molar-refractivity contribution in [2.24, 2.45) is 0 Å². The molecule has 222 valence electrons. The summed E-state index contributed by atoms with van der Waals surface area (Å²) in [6.45, 7) is 2.32. The van der Waals surface area contributed by atoms with E-state index in [1.165, 1.54) is 12.1 Å². The third kappa shape index (κ3) is 5.24. The number of hydroxylamine groups is 2. The zero-order valence-corrected chi connectivity index (χ0v) is 24.3. The lowest BCUT2D eigenvalue weighted by Crippen LogP contribution is -2.39. The molecular formula is C33H26ClN3O7. The van der Waals surface area contributed by atoms with Crippen molar-refractivity contribution in [1.29, 1.82) is 0 Å². The lowest BCUT2D eigenvalue weighted by molar-refractivity contribution is -0.172. The van der Waals surface area contributed by atoms with Crippen molar-refractivity contribution in [2.45, 2.75) is 32.7 Å². The quantitative estimate of drug-likeness (QED) is 0.261. The molecule has 4 aromatic rings. The average Bonchev–Trinajstić information content (AvgIpc) is 3.33. The minimum atomic E-state index is -0.864. The Balaban J connectivity index is 1.17. The summed E-state index contributed by atoms with van der Waals surface area (Å²) in [6.07, 6.45) is 0.628. The molecule has 44 heavy (non-hydrogen) atoms. The normalized spacial score (nSPS) is 14.5. The first kappa shape index (κ1) is 28.9. The predicted molar refractivity (Wildman–Crippen MR) is 161 cm³/mol. The van der Waals surface area contributed by atoms with E-state index in [4.69, 9.17) is 16.4 Å². The Kier molecular flexibility index (Phi) is 7.52. The highest BCUT2D eigenvalue weighted by atomic mass is 35.5.